The first-order valence-corrected chi connectivity index (χ1v) is 6.99. The van der Waals surface area contributed by atoms with Gasteiger partial charge in [0.1, 0.15) is 0 Å². The predicted molar refractivity (Wildman–Crippen MR) is 73.1 cm³/mol. The van der Waals surface area contributed by atoms with E-state index in [1.54, 1.807) is 12.3 Å². The van der Waals surface area contributed by atoms with Crippen molar-refractivity contribution in [3.63, 3.8) is 0 Å². The lowest BCUT2D eigenvalue weighted by Crippen LogP contribution is -2.09. The lowest BCUT2D eigenvalue weighted by atomic mass is 10.1. The average Bonchev–Trinajstić information content (AvgIpc) is 2.86. The molecule has 0 radical (unpaired) electrons. The van der Waals surface area contributed by atoms with Gasteiger partial charge < -0.3 is 0 Å². The molecule has 0 saturated heterocycles. The fraction of sp³-hybridized carbons (Fsp3) is 0.385. The van der Waals surface area contributed by atoms with Crippen molar-refractivity contribution in [2.24, 2.45) is 0 Å². The van der Waals surface area contributed by atoms with Crippen LogP contribution >= 0.6 is 15.9 Å². The topological polar surface area (TPSA) is 30.7 Å². The van der Waals surface area contributed by atoms with Crippen molar-refractivity contribution < 1.29 is 13.2 Å². The number of aryl methyl sites for hydroxylation is 1. The van der Waals surface area contributed by atoms with Crippen LogP contribution in [0, 0.1) is 6.92 Å². The van der Waals surface area contributed by atoms with Crippen molar-refractivity contribution in [3.8, 4) is 5.69 Å². The Kier molecular flexibility index (Phi) is 4.17. The van der Waals surface area contributed by atoms with Gasteiger partial charge in [0.25, 0.3) is 0 Å². The van der Waals surface area contributed by atoms with E-state index in [0.717, 1.165) is 12.5 Å². The molecule has 1 unspecified atom stereocenters. The maximum Gasteiger partial charge on any atom is 0.416 e. The third-order valence-corrected chi connectivity index (χ3v) is 4.10. The van der Waals surface area contributed by atoms with Gasteiger partial charge in [0.05, 0.1) is 28.0 Å². The van der Waals surface area contributed by atoms with Crippen LogP contribution < -0.4 is 0 Å². The molecule has 3 nitrogen and oxygen atoms in total. The van der Waals surface area contributed by atoms with Gasteiger partial charge in [0, 0.05) is 0 Å². The Balaban J connectivity index is 2.41. The first-order chi connectivity index (χ1) is 9.32. The highest BCUT2D eigenvalue weighted by atomic mass is 79.9. The molecule has 0 fully saturated rings. The number of halogens is 4. The van der Waals surface area contributed by atoms with Gasteiger partial charge in [0.2, 0.25) is 0 Å². The summed E-state index contributed by atoms with van der Waals surface area (Å²) in [4.78, 5) is 0.0452. The second-order valence-corrected chi connectivity index (χ2v) is 5.57. The summed E-state index contributed by atoms with van der Waals surface area (Å²) in [5, 5.41) is 7.84. The molecular weight excluding hydrogens is 335 g/mol. The van der Waals surface area contributed by atoms with Gasteiger partial charge in [-0.2, -0.15) is 13.2 Å². The van der Waals surface area contributed by atoms with Crippen LogP contribution in [0.5, 0.6) is 0 Å². The fourth-order valence-corrected chi connectivity index (χ4v) is 2.02. The smallest absolute Gasteiger partial charge is 0.220 e. The molecule has 20 heavy (non-hydrogen) atoms. The Labute approximate surface area is 122 Å². The molecular formula is C13H13BrF3N3. The molecule has 0 aliphatic rings. The molecule has 2 aromatic rings. The van der Waals surface area contributed by atoms with Crippen molar-refractivity contribution in [2.75, 3.05) is 0 Å². The van der Waals surface area contributed by atoms with Crippen molar-refractivity contribution in [1.82, 2.24) is 15.0 Å². The molecule has 108 valence electrons. The number of rotatable bonds is 3. The first-order valence-electron chi connectivity index (χ1n) is 6.07. The zero-order valence-electron chi connectivity index (χ0n) is 10.9. The highest BCUT2D eigenvalue weighted by Gasteiger charge is 2.32. The number of aromatic nitrogens is 3. The second-order valence-electron chi connectivity index (χ2n) is 4.46. The lowest BCUT2D eigenvalue weighted by molar-refractivity contribution is -0.138. The highest BCUT2D eigenvalue weighted by Crippen LogP contribution is 2.33. The summed E-state index contributed by atoms with van der Waals surface area (Å²) in [6.07, 6.45) is -1.92. The van der Waals surface area contributed by atoms with Gasteiger partial charge in [-0.05, 0) is 31.0 Å². The number of benzene rings is 1. The van der Waals surface area contributed by atoms with E-state index in [0.29, 0.717) is 11.4 Å². The van der Waals surface area contributed by atoms with Gasteiger partial charge in [-0.3, -0.25) is 0 Å². The third-order valence-electron chi connectivity index (χ3n) is 2.98. The minimum atomic E-state index is -4.37. The fourth-order valence-electron chi connectivity index (χ4n) is 1.81. The van der Waals surface area contributed by atoms with Crippen molar-refractivity contribution in [1.29, 1.82) is 0 Å². The Morgan fingerprint density at radius 3 is 2.65 bits per heavy atom. The quantitative estimate of drug-likeness (QED) is 0.768. The molecule has 1 heterocycles. The van der Waals surface area contributed by atoms with Crippen LogP contribution in [0.2, 0.25) is 0 Å². The first kappa shape index (κ1) is 15.0. The van der Waals surface area contributed by atoms with Gasteiger partial charge in [-0.15, -0.1) is 5.10 Å². The molecule has 1 aromatic heterocycles. The van der Waals surface area contributed by atoms with E-state index in [1.807, 2.05) is 6.92 Å². The van der Waals surface area contributed by atoms with E-state index in [9.17, 15) is 13.2 Å². The molecule has 0 saturated carbocycles. The maximum atomic E-state index is 12.9. The Morgan fingerprint density at radius 2 is 2.05 bits per heavy atom. The highest BCUT2D eigenvalue weighted by molar-refractivity contribution is 9.09. The molecule has 7 heteroatoms. The maximum absolute atomic E-state index is 12.9. The summed E-state index contributed by atoms with van der Waals surface area (Å²) in [6.45, 7) is 3.41. The minimum absolute atomic E-state index is 0.0452. The molecule has 0 N–H and O–H groups in total. The summed E-state index contributed by atoms with van der Waals surface area (Å²) >= 11 is 3.43. The van der Waals surface area contributed by atoms with Crippen molar-refractivity contribution >= 4 is 15.9 Å². The second kappa shape index (κ2) is 5.55. The molecule has 0 aliphatic heterocycles. The van der Waals surface area contributed by atoms with E-state index in [-0.39, 0.29) is 10.4 Å². The Morgan fingerprint density at radius 1 is 1.35 bits per heavy atom. The van der Waals surface area contributed by atoms with E-state index >= 15 is 0 Å². The van der Waals surface area contributed by atoms with E-state index in [2.05, 4.69) is 26.2 Å². The molecule has 0 amide bonds. The summed E-state index contributed by atoms with van der Waals surface area (Å²) in [5.74, 6) is 0. The minimum Gasteiger partial charge on any atom is -0.220 e. The zero-order chi connectivity index (χ0) is 14.9. The van der Waals surface area contributed by atoms with Crippen LogP contribution in [0.15, 0.2) is 24.4 Å². The van der Waals surface area contributed by atoms with E-state index in [4.69, 9.17) is 0 Å². The summed E-state index contributed by atoms with van der Waals surface area (Å²) in [7, 11) is 0. The molecule has 1 atom stereocenters. The third kappa shape index (κ3) is 3.03. The molecule has 0 bridgehead atoms. The normalized spacial score (nSPS) is 13.5. The van der Waals surface area contributed by atoms with Gasteiger partial charge >= 0.3 is 6.18 Å². The van der Waals surface area contributed by atoms with E-state index in [1.165, 1.54) is 17.7 Å². The summed E-state index contributed by atoms with van der Waals surface area (Å²) in [5.41, 5.74) is 0.575. The Hall–Kier alpha value is -1.37. The van der Waals surface area contributed by atoms with Crippen LogP contribution in [-0.4, -0.2) is 15.0 Å². The van der Waals surface area contributed by atoms with Crippen LogP contribution in [0.1, 0.15) is 35.0 Å². The molecule has 2 rings (SSSR count). The standard InChI is InChI=1S/C13H13BrF3N3/c1-3-11(14)12-7-20(19-18-12)9-5-4-8(2)10(6-9)13(15,16)17/h4-7,11H,3H2,1-2H3. The Bertz CT molecular complexity index is 607. The van der Waals surface area contributed by atoms with Gasteiger partial charge in [0.15, 0.2) is 0 Å². The average molecular weight is 348 g/mol. The zero-order valence-corrected chi connectivity index (χ0v) is 12.5. The predicted octanol–water partition coefficient (Wildman–Crippen LogP) is 4.44. The van der Waals surface area contributed by atoms with Crippen LogP contribution in [0.25, 0.3) is 5.69 Å². The number of alkyl halides is 4. The molecule has 0 spiro atoms. The number of hydrogen-bond donors (Lipinski definition) is 0. The van der Waals surface area contributed by atoms with Gasteiger partial charge in [-0.1, -0.05) is 34.1 Å². The van der Waals surface area contributed by atoms with E-state index < -0.39 is 11.7 Å². The van der Waals surface area contributed by atoms with Crippen molar-refractivity contribution in [3.05, 3.63) is 41.2 Å². The molecule has 1 aromatic carbocycles. The van der Waals surface area contributed by atoms with Gasteiger partial charge in [-0.25, -0.2) is 4.68 Å². The molecule has 0 aliphatic carbocycles. The summed E-state index contributed by atoms with van der Waals surface area (Å²) in [6, 6.07) is 4.12. The number of nitrogens with zero attached hydrogens (tertiary/aromatic N) is 3. The summed E-state index contributed by atoms with van der Waals surface area (Å²) < 4.78 is 40.0. The monoisotopic (exact) mass is 347 g/mol. The van der Waals surface area contributed by atoms with Crippen LogP contribution in [0.3, 0.4) is 0 Å². The lowest BCUT2D eigenvalue weighted by Gasteiger charge is -2.11. The number of hydrogen-bond acceptors (Lipinski definition) is 2. The van der Waals surface area contributed by atoms with Crippen LogP contribution in [0.4, 0.5) is 13.2 Å². The largest absolute Gasteiger partial charge is 0.416 e. The van der Waals surface area contributed by atoms with Crippen molar-refractivity contribution in [2.45, 2.75) is 31.3 Å². The SMILES string of the molecule is CCC(Br)c1cn(-c2ccc(C)c(C(F)(F)F)c2)nn1. The van der Waals surface area contributed by atoms with Crippen LogP contribution in [-0.2, 0) is 6.18 Å².